The van der Waals surface area contributed by atoms with Gasteiger partial charge in [0, 0.05) is 25.5 Å². The van der Waals surface area contributed by atoms with Crippen molar-refractivity contribution in [2.24, 2.45) is 5.41 Å². The number of aromatic nitrogens is 1. The Kier molecular flexibility index (Phi) is 6.47. The van der Waals surface area contributed by atoms with E-state index in [4.69, 9.17) is 5.11 Å². The standard InChI is InChI=1S/C22H24N2O6/c25-18-8-10-24(19(26)16-11-17(20(27)28)13-23-12-16)14-22(18,21(29)30)9-4-7-15-5-2-1-3-6-15/h1-3,5-6,11-13,18,25H,4,7-10,14H2,(H,27,28)(H,29,30)/t18-,22-/m1/s1. The van der Waals surface area contributed by atoms with Crippen LogP contribution in [0.1, 0.15) is 45.5 Å². The fourth-order valence-corrected chi connectivity index (χ4v) is 3.92. The Balaban J connectivity index is 1.77. The molecule has 1 aliphatic heterocycles. The van der Waals surface area contributed by atoms with E-state index >= 15 is 0 Å². The van der Waals surface area contributed by atoms with Crippen molar-refractivity contribution in [2.75, 3.05) is 13.1 Å². The lowest BCUT2D eigenvalue weighted by atomic mass is 9.73. The number of carbonyl (C=O) groups excluding carboxylic acids is 1. The summed E-state index contributed by atoms with van der Waals surface area (Å²) < 4.78 is 0. The Labute approximate surface area is 173 Å². The van der Waals surface area contributed by atoms with Gasteiger partial charge in [0.1, 0.15) is 5.41 Å². The topological polar surface area (TPSA) is 128 Å². The van der Waals surface area contributed by atoms with Gasteiger partial charge in [0.05, 0.1) is 17.2 Å². The summed E-state index contributed by atoms with van der Waals surface area (Å²) in [5.74, 6) is -2.84. The first-order valence-electron chi connectivity index (χ1n) is 9.76. The van der Waals surface area contributed by atoms with Crippen LogP contribution >= 0.6 is 0 Å². The summed E-state index contributed by atoms with van der Waals surface area (Å²) in [6.07, 6.45) is 2.90. The molecule has 1 fully saturated rings. The molecule has 8 nitrogen and oxygen atoms in total. The highest BCUT2D eigenvalue weighted by molar-refractivity contribution is 5.97. The molecule has 8 heteroatoms. The van der Waals surface area contributed by atoms with Crippen molar-refractivity contribution in [3.8, 4) is 0 Å². The number of aryl methyl sites for hydroxylation is 1. The third-order valence-electron chi connectivity index (χ3n) is 5.66. The van der Waals surface area contributed by atoms with Crippen LogP contribution < -0.4 is 0 Å². The van der Waals surface area contributed by atoms with Gasteiger partial charge in [-0.15, -0.1) is 0 Å². The molecular formula is C22H24N2O6. The number of piperidine rings is 1. The number of pyridine rings is 1. The number of benzene rings is 1. The quantitative estimate of drug-likeness (QED) is 0.635. The summed E-state index contributed by atoms with van der Waals surface area (Å²) in [5.41, 5.74) is -0.437. The highest BCUT2D eigenvalue weighted by atomic mass is 16.4. The van der Waals surface area contributed by atoms with Crippen molar-refractivity contribution in [3.05, 3.63) is 65.5 Å². The molecule has 1 saturated heterocycles. The smallest absolute Gasteiger partial charge is 0.337 e. The minimum Gasteiger partial charge on any atom is -0.481 e. The normalized spacial score (nSPS) is 21.2. The van der Waals surface area contributed by atoms with E-state index in [1.54, 1.807) is 0 Å². The molecule has 0 spiro atoms. The number of carboxylic acids is 2. The first-order valence-corrected chi connectivity index (χ1v) is 9.76. The number of carbonyl (C=O) groups is 3. The van der Waals surface area contributed by atoms with Gasteiger partial charge in [0.15, 0.2) is 0 Å². The maximum Gasteiger partial charge on any atom is 0.337 e. The van der Waals surface area contributed by atoms with Crippen LogP contribution in [0.15, 0.2) is 48.8 Å². The molecule has 0 unspecified atom stereocenters. The van der Waals surface area contributed by atoms with Crippen LogP contribution in [-0.4, -0.2) is 62.2 Å². The second-order valence-electron chi connectivity index (χ2n) is 7.60. The lowest BCUT2D eigenvalue weighted by Gasteiger charge is -2.43. The molecule has 1 aromatic carbocycles. The summed E-state index contributed by atoms with van der Waals surface area (Å²) in [5, 5.41) is 29.6. The fourth-order valence-electron chi connectivity index (χ4n) is 3.92. The zero-order valence-electron chi connectivity index (χ0n) is 16.4. The number of hydrogen-bond donors (Lipinski definition) is 3. The Hall–Kier alpha value is -3.26. The van der Waals surface area contributed by atoms with Gasteiger partial charge >= 0.3 is 11.9 Å². The van der Waals surface area contributed by atoms with E-state index in [0.29, 0.717) is 12.8 Å². The third-order valence-corrected chi connectivity index (χ3v) is 5.66. The van der Waals surface area contributed by atoms with Crippen molar-refractivity contribution in [1.82, 2.24) is 9.88 Å². The molecule has 3 rings (SSSR count). The molecule has 3 N–H and O–H groups in total. The highest BCUT2D eigenvalue weighted by Gasteiger charge is 2.49. The lowest BCUT2D eigenvalue weighted by molar-refractivity contribution is -0.162. The minimum absolute atomic E-state index is 0.0786. The van der Waals surface area contributed by atoms with Gasteiger partial charge in [-0.3, -0.25) is 14.6 Å². The molecule has 2 atom stereocenters. The average Bonchev–Trinajstić information content (AvgIpc) is 2.75. The van der Waals surface area contributed by atoms with Gasteiger partial charge in [-0.25, -0.2) is 4.79 Å². The van der Waals surface area contributed by atoms with Crippen LogP contribution in [0.25, 0.3) is 0 Å². The first-order chi connectivity index (χ1) is 14.3. The number of aliphatic carboxylic acids is 1. The van der Waals surface area contributed by atoms with Crippen LogP contribution in [0.3, 0.4) is 0 Å². The number of carboxylic acid groups (broad SMARTS) is 2. The molecule has 2 heterocycles. The molecule has 1 aliphatic rings. The van der Waals surface area contributed by atoms with E-state index in [1.165, 1.54) is 17.2 Å². The summed E-state index contributed by atoms with van der Waals surface area (Å²) >= 11 is 0. The van der Waals surface area contributed by atoms with Crippen molar-refractivity contribution in [2.45, 2.75) is 31.8 Å². The van der Waals surface area contributed by atoms with Crippen molar-refractivity contribution < 1.29 is 29.7 Å². The zero-order chi connectivity index (χ0) is 21.7. The van der Waals surface area contributed by atoms with Gasteiger partial charge in [0.25, 0.3) is 5.91 Å². The average molecular weight is 412 g/mol. The number of aromatic carboxylic acids is 1. The Bertz CT molecular complexity index is 932. The van der Waals surface area contributed by atoms with Crippen molar-refractivity contribution >= 4 is 17.8 Å². The zero-order valence-corrected chi connectivity index (χ0v) is 16.4. The maximum absolute atomic E-state index is 12.9. The van der Waals surface area contributed by atoms with Gasteiger partial charge in [-0.2, -0.15) is 0 Å². The first kappa shape index (κ1) is 21.4. The van der Waals surface area contributed by atoms with E-state index < -0.39 is 29.4 Å². The molecule has 30 heavy (non-hydrogen) atoms. The predicted molar refractivity (Wildman–Crippen MR) is 107 cm³/mol. The largest absolute Gasteiger partial charge is 0.481 e. The minimum atomic E-state index is -1.47. The molecule has 158 valence electrons. The number of aliphatic hydroxyl groups is 1. The second-order valence-corrected chi connectivity index (χ2v) is 7.60. The lowest BCUT2D eigenvalue weighted by Crippen LogP contribution is -2.57. The fraction of sp³-hybridized carbons (Fsp3) is 0.364. The summed E-state index contributed by atoms with van der Waals surface area (Å²) in [6.45, 7) is 0.0411. The Morgan fingerprint density at radius 2 is 1.80 bits per heavy atom. The summed E-state index contributed by atoms with van der Waals surface area (Å²) in [6, 6.07) is 10.9. The number of amides is 1. The number of aliphatic hydroxyl groups excluding tert-OH is 1. The molecule has 0 radical (unpaired) electrons. The monoisotopic (exact) mass is 412 g/mol. The van der Waals surface area contributed by atoms with Gasteiger partial charge in [-0.05, 0) is 37.3 Å². The van der Waals surface area contributed by atoms with Crippen LogP contribution in [0.4, 0.5) is 0 Å². The van der Waals surface area contributed by atoms with E-state index in [-0.39, 0.29) is 37.1 Å². The molecule has 0 bridgehead atoms. The van der Waals surface area contributed by atoms with Gasteiger partial charge in [-0.1, -0.05) is 30.3 Å². The second kappa shape index (κ2) is 9.04. The van der Waals surface area contributed by atoms with Gasteiger partial charge < -0.3 is 20.2 Å². The van der Waals surface area contributed by atoms with Crippen LogP contribution in [0.2, 0.25) is 0 Å². The molecule has 1 amide bonds. The van der Waals surface area contributed by atoms with Crippen LogP contribution in [0.5, 0.6) is 0 Å². The maximum atomic E-state index is 12.9. The highest BCUT2D eigenvalue weighted by Crippen LogP contribution is 2.36. The van der Waals surface area contributed by atoms with Crippen LogP contribution in [-0.2, 0) is 11.2 Å². The van der Waals surface area contributed by atoms with E-state index in [1.807, 2.05) is 30.3 Å². The number of hydrogen-bond acceptors (Lipinski definition) is 5. The number of rotatable bonds is 7. The van der Waals surface area contributed by atoms with Crippen LogP contribution in [0, 0.1) is 5.41 Å². The van der Waals surface area contributed by atoms with E-state index in [2.05, 4.69) is 4.98 Å². The summed E-state index contributed by atoms with van der Waals surface area (Å²) in [4.78, 5) is 41.4. The third kappa shape index (κ3) is 4.49. The number of likely N-dealkylation sites (tertiary alicyclic amines) is 1. The van der Waals surface area contributed by atoms with Gasteiger partial charge in [0.2, 0.25) is 0 Å². The molecular weight excluding hydrogens is 388 g/mol. The Morgan fingerprint density at radius 1 is 1.10 bits per heavy atom. The van der Waals surface area contributed by atoms with E-state index in [0.717, 1.165) is 11.8 Å². The Morgan fingerprint density at radius 3 is 2.47 bits per heavy atom. The predicted octanol–water partition coefficient (Wildman–Crippen LogP) is 2.08. The molecule has 0 saturated carbocycles. The van der Waals surface area contributed by atoms with Crippen molar-refractivity contribution in [1.29, 1.82) is 0 Å². The molecule has 1 aromatic heterocycles. The molecule has 2 aromatic rings. The number of nitrogens with zero attached hydrogens (tertiary/aromatic N) is 2. The summed E-state index contributed by atoms with van der Waals surface area (Å²) in [7, 11) is 0. The van der Waals surface area contributed by atoms with Crippen molar-refractivity contribution in [3.63, 3.8) is 0 Å². The van der Waals surface area contributed by atoms with E-state index in [9.17, 15) is 24.6 Å². The molecule has 0 aliphatic carbocycles. The SMILES string of the molecule is O=C(O)c1cncc(C(=O)N2CC[C@@H](O)[C@](CCCc3ccccc3)(C(=O)O)C2)c1.